The van der Waals surface area contributed by atoms with E-state index in [1.807, 2.05) is 48.5 Å². The van der Waals surface area contributed by atoms with Crippen LogP contribution in [0.25, 0.3) is 0 Å². The van der Waals surface area contributed by atoms with Gasteiger partial charge in [0.15, 0.2) is 5.78 Å². The molecule has 0 unspecified atom stereocenters. The zero-order valence-corrected chi connectivity index (χ0v) is 11.5. The molecule has 0 spiro atoms. The summed E-state index contributed by atoms with van der Waals surface area (Å²) in [6.07, 6.45) is 0.931. The molecule has 1 heterocycles. The lowest BCUT2D eigenvalue weighted by molar-refractivity contribution is 0.101. The van der Waals surface area contributed by atoms with Crippen molar-refractivity contribution < 1.29 is 9.53 Å². The van der Waals surface area contributed by atoms with Gasteiger partial charge in [-0.05, 0) is 37.6 Å². The first-order chi connectivity index (χ1) is 9.77. The number of Topliss-reactive ketones (excluding diaryl/α,β-unsaturated/α-hetero) is 1. The van der Waals surface area contributed by atoms with Gasteiger partial charge in [0.05, 0.1) is 18.0 Å². The molecule has 0 radical (unpaired) electrons. The molecule has 3 heteroatoms. The van der Waals surface area contributed by atoms with Crippen molar-refractivity contribution in [1.82, 2.24) is 0 Å². The molecule has 3 nitrogen and oxygen atoms in total. The molecule has 0 N–H and O–H groups in total. The number of ether oxygens (including phenoxy) is 1. The summed E-state index contributed by atoms with van der Waals surface area (Å²) in [6.45, 7) is 3.16. The Kier molecular flexibility index (Phi) is 3.42. The average Bonchev–Trinajstić information content (AvgIpc) is 2.69. The Morgan fingerprint density at radius 3 is 2.55 bits per heavy atom. The van der Waals surface area contributed by atoms with E-state index in [-0.39, 0.29) is 5.78 Å². The quantitative estimate of drug-likeness (QED) is 0.775. The zero-order chi connectivity index (χ0) is 13.9. The summed E-state index contributed by atoms with van der Waals surface area (Å²) in [5, 5.41) is 0. The summed E-state index contributed by atoms with van der Waals surface area (Å²) in [5.74, 6) is 0.964. The fraction of sp³-hybridized carbons (Fsp3) is 0.235. The van der Waals surface area contributed by atoms with Crippen LogP contribution in [0.3, 0.4) is 0 Å². The molecule has 0 aromatic heterocycles. The molecule has 3 rings (SSSR count). The fourth-order valence-electron chi connectivity index (χ4n) is 2.58. The van der Waals surface area contributed by atoms with E-state index >= 15 is 0 Å². The van der Waals surface area contributed by atoms with Crippen LogP contribution in [0.4, 0.5) is 11.4 Å². The van der Waals surface area contributed by atoms with E-state index in [2.05, 4.69) is 4.90 Å². The Bertz CT molecular complexity index is 636. The largest absolute Gasteiger partial charge is 0.491 e. The molecule has 0 amide bonds. The molecule has 0 atom stereocenters. The third-order valence-corrected chi connectivity index (χ3v) is 3.51. The first-order valence-corrected chi connectivity index (χ1v) is 6.87. The van der Waals surface area contributed by atoms with Crippen molar-refractivity contribution in [3.8, 4) is 5.75 Å². The number of rotatable bonds is 2. The van der Waals surface area contributed by atoms with E-state index in [0.29, 0.717) is 6.61 Å². The third kappa shape index (κ3) is 2.27. The van der Waals surface area contributed by atoms with Crippen LogP contribution in [0.15, 0.2) is 48.5 Å². The molecular weight excluding hydrogens is 250 g/mol. The number of carbonyl (C=O) groups excluding carboxylic acids is 1. The lowest BCUT2D eigenvalue weighted by atomic mass is 10.1. The molecule has 0 fully saturated rings. The predicted octanol–water partition coefficient (Wildman–Crippen LogP) is 3.81. The number of fused-ring (bicyclic) bond motifs is 1. The van der Waals surface area contributed by atoms with Crippen molar-refractivity contribution in [2.75, 3.05) is 18.1 Å². The van der Waals surface area contributed by atoms with Gasteiger partial charge in [0.2, 0.25) is 0 Å². The van der Waals surface area contributed by atoms with Gasteiger partial charge in [0, 0.05) is 12.1 Å². The van der Waals surface area contributed by atoms with Crippen LogP contribution < -0.4 is 9.64 Å². The minimum atomic E-state index is 0.0863. The fourth-order valence-corrected chi connectivity index (χ4v) is 2.58. The number of anilines is 2. The minimum absolute atomic E-state index is 0.0863. The molecule has 102 valence electrons. The Hall–Kier alpha value is -2.29. The Labute approximate surface area is 118 Å². The Morgan fingerprint density at radius 1 is 1.05 bits per heavy atom. The van der Waals surface area contributed by atoms with Crippen LogP contribution in [0.2, 0.25) is 0 Å². The smallest absolute Gasteiger partial charge is 0.161 e. The van der Waals surface area contributed by atoms with Crippen LogP contribution in [-0.4, -0.2) is 18.9 Å². The number of hydrogen-bond donors (Lipinski definition) is 0. The number of para-hydroxylation sites is 3. The van der Waals surface area contributed by atoms with Gasteiger partial charge in [-0.1, -0.05) is 24.3 Å². The SMILES string of the molecule is CC(=O)c1ccccc1N1CCCOc2ccccc21. The van der Waals surface area contributed by atoms with Crippen LogP contribution in [0, 0.1) is 0 Å². The zero-order valence-electron chi connectivity index (χ0n) is 11.5. The van der Waals surface area contributed by atoms with Crippen molar-refractivity contribution in [3.63, 3.8) is 0 Å². The average molecular weight is 267 g/mol. The summed E-state index contributed by atoms with van der Waals surface area (Å²) in [5.41, 5.74) is 2.74. The summed E-state index contributed by atoms with van der Waals surface area (Å²) in [7, 11) is 0. The number of benzene rings is 2. The molecule has 20 heavy (non-hydrogen) atoms. The highest BCUT2D eigenvalue weighted by Crippen LogP contribution is 2.37. The maximum Gasteiger partial charge on any atom is 0.161 e. The minimum Gasteiger partial charge on any atom is -0.491 e. The van der Waals surface area contributed by atoms with Gasteiger partial charge < -0.3 is 9.64 Å². The molecular formula is C17H17NO2. The number of hydrogen-bond acceptors (Lipinski definition) is 3. The molecule has 0 aliphatic carbocycles. The number of nitrogens with zero attached hydrogens (tertiary/aromatic N) is 1. The van der Waals surface area contributed by atoms with E-state index in [9.17, 15) is 4.79 Å². The van der Waals surface area contributed by atoms with Crippen molar-refractivity contribution in [2.45, 2.75) is 13.3 Å². The third-order valence-electron chi connectivity index (χ3n) is 3.51. The van der Waals surface area contributed by atoms with E-state index in [1.54, 1.807) is 6.92 Å². The van der Waals surface area contributed by atoms with Gasteiger partial charge in [-0.3, -0.25) is 4.79 Å². The molecule has 2 aromatic carbocycles. The molecule has 0 saturated heterocycles. The Morgan fingerprint density at radius 2 is 1.75 bits per heavy atom. The van der Waals surface area contributed by atoms with Gasteiger partial charge in [-0.2, -0.15) is 0 Å². The van der Waals surface area contributed by atoms with Crippen LogP contribution >= 0.6 is 0 Å². The van der Waals surface area contributed by atoms with Crippen molar-refractivity contribution in [3.05, 3.63) is 54.1 Å². The van der Waals surface area contributed by atoms with Gasteiger partial charge in [-0.15, -0.1) is 0 Å². The highest BCUT2D eigenvalue weighted by molar-refractivity contribution is 6.00. The summed E-state index contributed by atoms with van der Waals surface area (Å²) >= 11 is 0. The van der Waals surface area contributed by atoms with Gasteiger partial charge in [0.1, 0.15) is 5.75 Å². The van der Waals surface area contributed by atoms with E-state index in [0.717, 1.165) is 35.7 Å². The monoisotopic (exact) mass is 267 g/mol. The highest BCUT2D eigenvalue weighted by Gasteiger charge is 2.20. The Balaban J connectivity index is 2.13. The second-order valence-corrected chi connectivity index (χ2v) is 4.89. The molecule has 1 aliphatic rings. The van der Waals surface area contributed by atoms with Gasteiger partial charge in [0.25, 0.3) is 0 Å². The van der Waals surface area contributed by atoms with E-state index in [4.69, 9.17) is 4.74 Å². The second-order valence-electron chi connectivity index (χ2n) is 4.89. The van der Waals surface area contributed by atoms with Crippen LogP contribution in [0.1, 0.15) is 23.7 Å². The summed E-state index contributed by atoms with van der Waals surface area (Å²) in [4.78, 5) is 14.0. The first kappa shape index (κ1) is 12.7. The molecule has 0 bridgehead atoms. The first-order valence-electron chi connectivity index (χ1n) is 6.87. The number of carbonyl (C=O) groups is 1. The van der Waals surface area contributed by atoms with Crippen LogP contribution in [0.5, 0.6) is 5.75 Å². The molecule has 2 aromatic rings. The maximum absolute atomic E-state index is 11.8. The van der Waals surface area contributed by atoms with Crippen molar-refractivity contribution in [1.29, 1.82) is 0 Å². The summed E-state index contributed by atoms with van der Waals surface area (Å²) < 4.78 is 5.77. The van der Waals surface area contributed by atoms with Gasteiger partial charge in [-0.25, -0.2) is 0 Å². The summed E-state index contributed by atoms with van der Waals surface area (Å²) in [6, 6.07) is 15.7. The molecule has 0 saturated carbocycles. The van der Waals surface area contributed by atoms with E-state index < -0.39 is 0 Å². The highest BCUT2D eigenvalue weighted by atomic mass is 16.5. The lowest BCUT2D eigenvalue weighted by Gasteiger charge is -2.25. The van der Waals surface area contributed by atoms with Gasteiger partial charge >= 0.3 is 0 Å². The number of ketones is 1. The second kappa shape index (κ2) is 5.37. The van der Waals surface area contributed by atoms with E-state index in [1.165, 1.54) is 0 Å². The normalized spacial score (nSPS) is 14.2. The van der Waals surface area contributed by atoms with Crippen molar-refractivity contribution in [2.24, 2.45) is 0 Å². The van der Waals surface area contributed by atoms with Crippen molar-refractivity contribution >= 4 is 17.2 Å². The molecule has 1 aliphatic heterocycles. The van der Waals surface area contributed by atoms with Crippen LogP contribution in [-0.2, 0) is 0 Å². The topological polar surface area (TPSA) is 29.5 Å². The standard InChI is InChI=1S/C17H17NO2/c1-13(19)14-7-2-3-8-15(14)18-11-6-12-20-17-10-5-4-9-16(17)18/h2-5,7-10H,6,11-12H2,1H3. The maximum atomic E-state index is 11.8. The lowest BCUT2D eigenvalue weighted by Crippen LogP contribution is -2.19. The predicted molar refractivity (Wildman–Crippen MR) is 80.0 cm³/mol.